The maximum absolute atomic E-state index is 8.52. The van der Waals surface area contributed by atoms with Gasteiger partial charge in [0.15, 0.2) is 0 Å². The second kappa shape index (κ2) is 9.54. The Bertz CT molecular complexity index is 138. The van der Waals surface area contributed by atoms with E-state index in [0.717, 1.165) is 13.0 Å². The molecule has 0 saturated heterocycles. The average Bonchev–Trinajstić information content (AvgIpc) is 2.16. The summed E-state index contributed by atoms with van der Waals surface area (Å²) in [6.07, 6.45) is 6.87. The van der Waals surface area contributed by atoms with Crippen molar-refractivity contribution in [2.45, 2.75) is 58.4 Å². The Hall–Kier alpha value is -0.550. The van der Waals surface area contributed by atoms with E-state index >= 15 is 0 Å². The number of unbranched alkanes of at least 4 members (excludes halogenated alkanes) is 3. The minimum absolute atomic E-state index is 0.409. The van der Waals surface area contributed by atoms with Gasteiger partial charge in [0, 0.05) is 6.04 Å². The molecule has 2 heteroatoms. The van der Waals surface area contributed by atoms with Crippen LogP contribution >= 0.6 is 0 Å². The third kappa shape index (κ3) is 7.80. The van der Waals surface area contributed by atoms with Gasteiger partial charge < -0.3 is 5.32 Å². The van der Waals surface area contributed by atoms with E-state index in [1.165, 1.54) is 25.7 Å². The van der Waals surface area contributed by atoms with Crippen LogP contribution in [0.1, 0.15) is 52.4 Å². The van der Waals surface area contributed by atoms with Crippen LogP contribution in [0.4, 0.5) is 0 Å². The van der Waals surface area contributed by atoms with Crippen LogP contribution in [-0.2, 0) is 0 Å². The van der Waals surface area contributed by atoms with Crippen molar-refractivity contribution in [3.63, 3.8) is 0 Å². The second-order valence-electron chi connectivity index (χ2n) is 3.48. The highest BCUT2D eigenvalue weighted by molar-refractivity contribution is 4.79. The Morgan fingerprint density at radius 2 is 2.00 bits per heavy atom. The van der Waals surface area contributed by atoms with Crippen LogP contribution in [0.15, 0.2) is 0 Å². The predicted octanol–water partition coefficient (Wildman–Crippen LogP) is 2.85. The Morgan fingerprint density at radius 1 is 1.23 bits per heavy atom. The van der Waals surface area contributed by atoms with Crippen molar-refractivity contribution in [2.24, 2.45) is 0 Å². The molecule has 0 saturated carbocycles. The molecule has 0 amide bonds. The first kappa shape index (κ1) is 12.4. The Labute approximate surface area is 82.3 Å². The lowest BCUT2D eigenvalue weighted by Crippen LogP contribution is -2.28. The molecule has 0 aromatic heterocycles. The SMILES string of the molecule is CCCCCCNC(CC)CC#N. The van der Waals surface area contributed by atoms with Gasteiger partial charge in [-0.25, -0.2) is 0 Å². The van der Waals surface area contributed by atoms with Crippen molar-refractivity contribution in [1.82, 2.24) is 5.32 Å². The van der Waals surface area contributed by atoms with Crippen molar-refractivity contribution < 1.29 is 0 Å². The first-order valence-corrected chi connectivity index (χ1v) is 5.45. The highest BCUT2D eigenvalue weighted by Crippen LogP contribution is 2.00. The van der Waals surface area contributed by atoms with Crippen molar-refractivity contribution >= 4 is 0 Å². The summed E-state index contributed by atoms with van der Waals surface area (Å²) in [5, 5.41) is 11.9. The molecular formula is C11H22N2. The molecule has 0 fully saturated rings. The maximum Gasteiger partial charge on any atom is 0.0638 e. The second-order valence-corrected chi connectivity index (χ2v) is 3.48. The topological polar surface area (TPSA) is 35.8 Å². The van der Waals surface area contributed by atoms with Gasteiger partial charge in [0.1, 0.15) is 0 Å². The molecule has 76 valence electrons. The quantitative estimate of drug-likeness (QED) is 0.586. The third-order valence-electron chi connectivity index (χ3n) is 2.29. The van der Waals surface area contributed by atoms with Gasteiger partial charge in [0.25, 0.3) is 0 Å². The van der Waals surface area contributed by atoms with E-state index in [1.807, 2.05) is 0 Å². The molecule has 2 nitrogen and oxygen atoms in total. The predicted molar refractivity (Wildman–Crippen MR) is 56.5 cm³/mol. The van der Waals surface area contributed by atoms with Gasteiger partial charge in [-0.15, -0.1) is 0 Å². The number of nitrogens with one attached hydrogen (secondary N) is 1. The first-order chi connectivity index (χ1) is 6.35. The van der Waals surface area contributed by atoms with Crippen LogP contribution in [0.3, 0.4) is 0 Å². The smallest absolute Gasteiger partial charge is 0.0638 e. The summed E-state index contributed by atoms with van der Waals surface area (Å²) in [7, 11) is 0. The van der Waals surface area contributed by atoms with E-state index in [2.05, 4.69) is 25.2 Å². The van der Waals surface area contributed by atoms with Crippen molar-refractivity contribution in [2.75, 3.05) is 6.54 Å². The molecule has 1 N–H and O–H groups in total. The summed E-state index contributed by atoms with van der Waals surface area (Å²) >= 11 is 0. The van der Waals surface area contributed by atoms with Gasteiger partial charge in [0.05, 0.1) is 12.5 Å². The maximum atomic E-state index is 8.52. The molecular weight excluding hydrogens is 160 g/mol. The average molecular weight is 182 g/mol. The third-order valence-corrected chi connectivity index (χ3v) is 2.29. The fourth-order valence-electron chi connectivity index (χ4n) is 1.33. The highest BCUT2D eigenvalue weighted by atomic mass is 14.9. The van der Waals surface area contributed by atoms with Gasteiger partial charge >= 0.3 is 0 Å². The van der Waals surface area contributed by atoms with Gasteiger partial charge in [-0.1, -0.05) is 33.1 Å². The zero-order valence-electron chi connectivity index (χ0n) is 8.97. The normalized spacial score (nSPS) is 12.4. The lowest BCUT2D eigenvalue weighted by molar-refractivity contribution is 0.487. The molecule has 0 aliphatic heterocycles. The van der Waals surface area contributed by atoms with Gasteiger partial charge in [0.2, 0.25) is 0 Å². The Kier molecular flexibility index (Phi) is 9.13. The van der Waals surface area contributed by atoms with E-state index in [9.17, 15) is 0 Å². The van der Waals surface area contributed by atoms with E-state index in [-0.39, 0.29) is 0 Å². The lowest BCUT2D eigenvalue weighted by atomic mass is 10.1. The summed E-state index contributed by atoms with van der Waals surface area (Å²) in [6.45, 7) is 5.42. The molecule has 1 unspecified atom stereocenters. The van der Waals surface area contributed by atoms with E-state index in [1.54, 1.807) is 0 Å². The minimum atomic E-state index is 0.409. The number of hydrogen-bond acceptors (Lipinski definition) is 2. The van der Waals surface area contributed by atoms with Crippen LogP contribution < -0.4 is 5.32 Å². The zero-order valence-corrected chi connectivity index (χ0v) is 8.97. The monoisotopic (exact) mass is 182 g/mol. The van der Waals surface area contributed by atoms with Crippen molar-refractivity contribution in [3.05, 3.63) is 0 Å². The molecule has 0 aliphatic rings. The molecule has 0 aliphatic carbocycles. The summed E-state index contributed by atoms with van der Waals surface area (Å²) in [6, 6.07) is 2.62. The van der Waals surface area contributed by atoms with Gasteiger partial charge in [-0.05, 0) is 19.4 Å². The van der Waals surface area contributed by atoms with Crippen molar-refractivity contribution in [1.29, 1.82) is 5.26 Å². The molecule has 0 aromatic rings. The molecule has 0 bridgehead atoms. The Balaban J connectivity index is 3.23. The first-order valence-electron chi connectivity index (χ1n) is 5.45. The van der Waals surface area contributed by atoms with Crippen LogP contribution in [0.5, 0.6) is 0 Å². The number of hydrogen-bond donors (Lipinski definition) is 1. The fraction of sp³-hybridized carbons (Fsp3) is 0.909. The van der Waals surface area contributed by atoms with Crippen LogP contribution in [0.2, 0.25) is 0 Å². The minimum Gasteiger partial charge on any atom is -0.313 e. The summed E-state index contributed by atoms with van der Waals surface area (Å²) < 4.78 is 0. The van der Waals surface area contributed by atoms with Crippen LogP contribution in [0.25, 0.3) is 0 Å². The van der Waals surface area contributed by atoms with E-state index < -0.39 is 0 Å². The van der Waals surface area contributed by atoms with Crippen molar-refractivity contribution in [3.8, 4) is 6.07 Å². The fourth-order valence-corrected chi connectivity index (χ4v) is 1.33. The Morgan fingerprint density at radius 3 is 2.54 bits per heavy atom. The highest BCUT2D eigenvalue weighted by Gasteiger charge is 2.02. The summed E-state index contributed by atoms with van der Waals surface area (Å²) in [4.78, 5) is 0. The van der Waals surface area contributed by atoms with E-state index in [4.69, 9.17) is 5.26 Å². The number of rotatable bonds is 8. The number of nitrogens with zero attached hydrogens (tertiary/aromatic N) is 1. The van der Waals surface area contributed by atoms with Crippen LogP contribution in [0, 0.1) is 11.3 Å². The summed E-state index contributed by atoms with van der Waals surface area (Å²) in [5.74, 6) is 0. The van der Waals surface area contributed by atoms with Gasteiger partial charge in [-0.2, -0.15) is 5.26 Å². The molecule has 1 atom stereocenters. The summed E-state index contributed by atoms with van der Waals surface area (Å²) in [5.41, 5.74) is 0. The lowest BCUT2D eigenvalue weighted by Gasteiger charge is -2.12. The zero-order chi connectivity index (χ0) is 9.94. The molecule has 0 rings (SSSR count). The van der Waals surface area contributed by atoms with Gasteiger partial charge in [-0.3, -0.25) is 0 Å². The largest absolute Gasteiger partial charge is 0.313 e. The molecule has 0 spiro atoms. The van der Waals surface area contributed by atoms with E-state index in [0.29, 0.717) is 12.5 Å². The molecule has 0 aromatic carbocycles. The van der Waals surface area contributed by atoms with Crippen LogP contribution in [-0.4, -0.2) is 12.6 Å². The molecule has 0 radical (unpaired) electrons. The number of nitriles is 1. The molecule has 13 heavy (non-hydrogen) atoms. The standard InChI is InChI=1S/C11H22N2/c1-3-5-6-7-10-13-11(4-2)8-9-12/h11,13H,3-8,10H2,1-2H3. The molecule has 0 heterocycles.